The van der Waals surface area contributed by atoms with E-state index in [0.717, 1.165) is 5.92 Å². The molecule has 0 unspecified atom stereocenters. The lowest BCUT2D eigenvalue weighted by atomic mass is 10.0. The van der Waals surface area contributed by atoms with Gasteiger partial charge in [0.25, 0.3) is 0 Å². The summed E-state index contributed by atoms with van der Waals surface area (Å²) in [5, 5.41) is 0. The van der Waals surface area contributed by atoms with Crippen LogP contribution in [0.3, 0.4) is 0 Å². The molecule has 0 heterocycles. The molecular formula is C11H16ClN. The third-order valence-electron chi connectivity index (χ3n) is 2.56. The van der Waals surface area contributed by atoms with Gasteiger partial charge in [0, 0.05) is 6.04 Å². The Morgan fingerprint density at radius 3 is 2.62 bits per heavy atom. The van der Waals surface area contributed by atoms with Crippen molar-refractivity contribution >= 4 is 12.4 Å². The van der Waals surface area contributed by atoms with Crippen molar-refractivity contribution in [2.24, 2.45) is 11.7 Å². The number of aryl methyl sites for hydroxylation is 1. The standard InChI is InChI=1S/C11H15N.ClH/c1-8-3-2-4-10(7-8)11(12)9-5-6-9;/h2-4,7,9,11H,5-6,12H2,1H3;1H/t11-;/m0./s1. The molecular weight excluding hydrogens is 182 g/mol. The van der Waals surface area contributed by atoms with Gasteiger partial charge in [0.2, 0.25) is 0 Å². The number of halogens is 1. The van der Waals surface area contributed by atoms with Crippen molar-refractivity contribution in [2.75, 3.05) is 0 Å². The molecule has 0 aliphatic heterocycles. The van der Waals surface area contributed by atoms with Crippen LogP contribution in [0.5, 0.6) is 0 Å². The fourth-order valence-corrected chi connectivity index (χ4v) is 1.60. The first kappa shape index (κ1) is 10.6. The van der Waals surface area contributed by atoms with Crippen molar-refractivity contribution in [3.8, 4) is 0 Å². The second-order valence-corrected chi connectivity index (χ2v) is 3.78. The number of rotatable bonds is 2. The summed E-state index contributed by atoms with van der Waals surface area (Å²) in [6, 6.07) is 8.82. The van der Waals surface area contributed by atoms with Gasteiger partial charge in [-0.25, -0.2) is 0 Å². The predicted octanol–water partition coefficient (Wildman–Crippen LogP) is 2.83. The van der Waals surface area contributed by atoms with Gasteiger partial charge >= 0.3 is 0 Å². The van der Waals surface area contributed by atoms with Crippen molar-refractivity contribution in [3.63, 3.8) is 0 Å². The van der Waals surface area contributed by atoms with Gasteiger partial charge in [-0.05, 0) is 31.2 Å². The molecule has 1 aliphatic rings. The molecule has 1 aliphatic carbocycles. The third kappa shape index (κ3) is 2.45. The Morgan fingerprint density at radius 1 is 1.38 bits per heavy atom. The molecule has 0 bridgehead atoms. The monoisotopic (exact) mass is 197 g/mol. The molecule has 0 aromatic heterocycles. The maximum atomic E-state index is 6.07. The van der Waals surface area contributed by atoms with Crippen LogP contribution >= 0.6 is 12.4 Å². The number of hydrogen-bond donors (Lipinski definition) is 1. The molecule has 1 aromatic rings. The summed E-state index contributed by atoms with van der Waals surface area (Å²) >= 11 is 0. The van der Waals surface area contributed by atoms with Crippen LogP contribution in [-0.4, -0.2) is 0 Å². The maximum absolute atomic E-state index is 6.07. The lowest BCUT2D eigenvalue weighted by Crippen LogP contribution is -2.12. The van der Waals surface area contributed by atoms with Crippen LogP contribution in [0.15, 0.2) is 24.3 Å². The molecule has 13 heavy (non-hydrogen) atoms. The molecule has 2 rings (SSSR count). The van der Waals surface area contributed by atoms with E-state index in [-0.39, 0.29) is 18.4 Å². The van der Waals surface area contributed by atoms with E-state index in [1.807, 2.05) is 0 Å². The predicted molar refractivity (Wildman–Crippen MR) is 58.1 cm³/mol. The molecule has 0 saturated heterocycles. The summed E-state index contributed by atoms with van der Waals surface area (Å²) in [5.74, 6) is 0.756. The summed E-state index contributed by atoms with van der Waals surface area (Å²) in [7, 11) is 0. The van der Waals surface area contributed by atoms with Crippen LogP contribution in [0.1, 0.15) is 30.0 Å². The highest BCUT2D eigenvalue weighted by Gasteiger charge is 2.29. The largest absolute Gasteiger partial charge is 0.324 e. The minimum atomic E-state index is 0. The van der Waals surface area contributed by atoms with E-state index >= 15 is 0 Å². The summed E-state index contributed by atoms with van der Waals surface area (Å²) in [6.07, 6.45) is 2.63. The van der Waals surface area contributed by atoms with Crippen LogP contribution in [0.4, 0.5) is 0 Å². The fourth-order valence-electron chi connectivity index (χ4n) is 1.60. The second kappa shape index (κ2) is 4.12. The molecule has 0 spiro atoms. The second-order valence-electron chi connectivity index (χ2n) is 3.78. The lowest BCUT2D eigenvalue weighted by Gasteiger charge is -2.10. The van der Waals surface area contributed by atoms with Crippen molar-refractivity contribution in [3.05, 3.63) is 35.4 Å². The van der Waals surface area contributed by atoms with Gasteiger partial charge in [0.1, 0.15) is 0 Å². The number of nitrogens with two attached hydrogens (primary N) is 1. The molecule has 72 valence electrons. The molecule has 2 N–H and O–H groups in total. The van der Waals surface area contributed by atoms with Crippen LogP contribution < -0.4 is 5.73 Å². The van der Waals surface area contributed by atoms with Gasteiger partial charge in [0.15, 0.2) is 0 Å². The Balaban J connectivity index is 0.000000845. The molecule has 0 radical (unpaired) electrons. The summed E-state index contributed by atoms with van der Waals surface area (Å²) < 4.78 is 0. The van der Waals surface area contributed by atoms with Crippen molar-refractivity contribution < 1.29 is 0 Å². The van der Waals surface area contributed by atoms with E-state index in [1.54, 1.807) is 0 Å². The van der Waals surface area contributed by atoms with Crippen molar-refractivity contribution in [1.82, 2.24) is 0 Å². The molecule has 2 heteroatoms. The normalized spacial score (nSPS) is 17.7. The molecule has 0 amide bonds. The van der Waals surface area contributed by atoms with E-state index in [1.165, 1.54) is 24.0 Å². The Hall–Kier alpha value is -0.530. The number of hydrogen-bond acceptors (Lipinski definition) is 1. The van der Waals surface area contributed by atoms with Crippen LogP contribution in [0, 0.1) is 12.8 Å². The smallest absolute Gasteiger partial charge is 0.0323 e. The quantitative estimate of drug-likeness (QED) is 0.776. The average molecular weight is 198 g/mol. The molecule has 1 atom stereocenters. The Bertz CT molecular complexity index is 281. The fraction of sp³-hybridized carbons (Fsp3) is 0.455. The Labute approximate surface area is 85.7 Å². The summed E-state index contributed by atoms with van der Waals surface area (Å²) in [6.45, 7) is 2.11. The highest BCUT2D eigenvalue weighted by Crippen LogP contribution is 2.39. The molecule has 1 nitrogen and oxygen atoms in total. The average Bonchev–Trinajstić information content (AvgIpc) is 2.85. The topological polar surface area (TPSA) is 26.0 Å². The van der Waals surface area contributed by atoms with Gasteiger partial charge in [-0.3, -0.25) is 0 Å². The van der Waals surface area contributed by atoms with E-state index < -0.39 is 0 Å². The SMILES string of the molecule is Cc1cccc([C@@H](N)C2CC2)c1.Cl. The Morgan fingerprint density at radius 2 is 2.08 bits per heavy atom. The summed E-state index contributed by atoms with van der Waals surface area (Å²) in [4.78, 5) is 0. The van der Waals surface area contributed by atoms with Crippen LogP contribution in [0.2, 0.25) is 0 Å². The zero-order valence-corrected chi connectivity index (χ0v) is 8.68. The maximum Gasteiger partial charge on any atom is 0.0323 e. The first-order valence-corrected chi connectivity index (χ1v) is 4.59. The molecule has 1 fully saturated rings. The molecule has 1 aromatic carbocycles. The van der Waals surface area contributed by atoms with Gasteiger partial charge in [0.05, 0.1) is 0 Å². The minimum Gasteiger partial charge on any atom is -0.324 e. The van der Waals surface area contributed by atoms with Crippen LogP contribution in [-0.2, 0) is 0 Å². The van der Waals surface area contributed by atoms with E-state index in [0.29, 0.717) is 0 Å². The first-order chi connectivity index (χ1) is 5.77. The van der Waals surface area contributed by atoms with E-state index in [9.17, 15) is 0 Å². The minimum absolute atomic E-state index is 0. The van der Waals surface area contributed by atoms with Crippen molar-refractivity contribution in [1.29, 1.82) is 0 Å². The highest BCUT2D eigenvalue weighted by atomic mass is 35.5. The lowest BCUT2D eigenvalue weighted by molar-refractivity contribution is 0.633. The third-order valence-corrected chi connectivity index (χ3v) is 2.56. The first-order valence-electron chi connectivity index (χ1n) is 4.59. The summed E-state index contributed by atoms with van der Waals surface area (Å²) in [5.41, 5.74) is 8.68. The van der Waals surface area contributed by atoms with E-state index in [4.69, 9.17) is 5.73 Å². The van der Waals surface area contributed by atoms with Gasteiger partial charge < -0.3 is 5.73 Å². The van der Waals surface area contributed by atoms with Crippen LogP contribution in [0.25, 0.3) is 0 Å². The van der Waals surface area contributed by atoms with Gasteiger partial charge in [-0.15, -0.1) is 12.4 Å². The zero-order chi connectivity index (χ0) is 8.55. The van der Waals surface area contributed by atoms with Gasteiger partial charge in [-0.2, -0.15) is 0 Å². The highest BCUT2D eigenvalue weighted by molar-refractivity contribution is 5.85. The molecule has 1 saturated carbocycles. The van der Waals surface area contributed by atoms with Crippen molar-refractivity contribution in [2.45, 2.75) is 25.8 Å². The zero-order valence-electron chi connectivity index (χ0n) is 7.86. The van der Waals surface area contributed by atoms with Gasteiger partial charge in [-0.1, -0.05) is 29.8 Å². The van der Waals surface area contributed by atoms with E-state index in [2.05, 4.69) is 31.2 Å². The Kier molecular flexibility index (Phi) is 3.34. The number of benzene rings is 1.